The lowest BCUT2D eigenvalue weighted by Crippen LogP contribution is -2.42. The van der Waals surface area contributed by atoms with E-state index < -0.39 is 23.0 Å². The van der Waals surface area contributed by atoms with E-state index in [0.29, 0.717) is 0 Å². The Bertz CT molecular complexity index is 1160. The van der Waals surface area contributed by atoms with E-state index in [9.17, 15) is 18.8 Å². The van der Waals surface area contributed by atoms with Crippen molar-refractivity contribution in [3.63, 3.8) is 0 Å². The minimum atomic E-state index is -0.656. The van der Waals surface area contributed by atoms with E-state index >= 15 is 0 Å². The molecule has 0 aliphatic rings. The molecule has 1 amide bonds. The maximum atomic E-state index is 13.9. The third kappa shape index (κ3) is 3.90. The number of rotatable bonds is 4. The Morgan fingerprint density at radius 2 is 1.79 bits per heavy atom. The van der Waals surface area contributed by atoms with Crippen LogP contribution in [-0.4, -0.2) is 20.3 Å². The molecule has 0 spiro atoms. The third-order valence-corrected chi connectivity index (χ3v) is 4.18. The maximum absolute atomic E-state index is 13.9. The summed E-state index contributed by atoms with van der Waals surface area (Å²) in [4.78, 5) is 36.6. The van der Waals surface area contributed by atoms with Crippen molar-refractivity contribution in [3.05, 3.63) is 85.9 Å². The molecule has 3 rings (SSSR count). The van der Waals surface area contributed by atoms with E-state index in [-0.39, 0.29) is 23.6 Å². The summed E-state index contributed by atoms with van der Waals surface area (Å²) in [5.74, 6) is -1.09. The molecule has 1 heterocycles. The number of anilines is 1. The molecule has 0 aliphatic heterocycles. The minimum Gasteiger partial charge on any atom is -0.324 e. The zero-order valence-electron chi connectivity index (χ0n) is 15.7. The molecule has 0 saturated heterocycles. The van der Waals surface area contributed by atoms with E-state index in [1.54, 1.807) is 0 Å². The third-order valence-electron chi connectivity index (χ3n) is 4.18. The molecule has 0 atom stereocenters. The molecule has 0 bridgehead atoms. The van der Waals surface area contributed by atoms with Gasteiger partial charge in [0.1, 0.15) is 11.5 Å². The van der Waals surface area contributed by atoms with Crippen LogP contribution in [0.2, 0.25) is 0 Å². The van der Waals surface area contributed by atoms with Crippen LogP contribution in [0.25, 0.3) is 5.69 Å². The number of halogens is 1. The zero-order valence-corrected chi connectivity index (χ0v) is 15.7. The second-order valence-electron chi connectivity index (χ2n) is 6.50. The number of nitrogens with zero attached hydrogens (tertiary/aromatic N) is 3. The van der Waals surface area contributed by atoms with Crippen molar-refractivity contribution in [3.8, 4) is 5.69 Å². The Morgan fingerprint density at radius 1 is 1.11 bits per heavy atom. The Balaban J connectivity index is 2.12. The van der Waals surface area contributed by atoms with Crippen LogP contribution in [-0.2, 0) is 11.3 Å². The van der Waals surface area contributed by atoms with Crippen LogP contribution >= 0.6 is 0 Å². The summed E-state index contributed by atoms with van der Waals surface area (Å²) in [5.41, 5.74) is 0.986. The lowest BCUT2D eigenvalue weighted by molar-refractivity contribution is -0.114. The Morgan fingerprint density at radius 3 is 2.43 bits per heavy atom. The van der Waals surface area contributed by atoms with Crippen LogP contribution in [0, 0.1) is 19.7 Å². The predicted octanol–water partition coefficient (Wildman–Crippen LogP) is 2.16. The number of carbonyl (C=O) groups is 1. The number of carbonyl (C=O) groups excluding carboxylic acids is 1. The van der Waals surface area contributed by atoms with Gasteiger partial charge in [0.05, 0.1) is 17.9 Å². The van der Waals surface area contributed by atoms with Crippen molar-refractivity contribution in [2.24, 2.45) is 0 Å². The Hall–Kier alpha value is -3.55. The first-order valence-corrected chi connectivity index (χ1v) is 8.60. The zero-order chi connectivity index (χ0) is 20.4. The van der Waals surface area contributed by atoms with E-state index in [2.05, 4.69) is 10.4 Å². The first kappa shape index (κ1) is 19.2. The summed E-state index contributed by atoms with van der Waals surface area (Å²) in [5, 5.41) is 6.41. The fourth-order valence-corrected chi connectivity index (χ4v) is 2.75. The number of aromatic nitrogens is 3. The molecule has 2 aromatic carbocycles. The number of hydrogen-bond donors (Lipinski definition) is 1. The topological polar surface area (TPSA) is 86.0 Å². The highest BCUT2D eigenvalue weighted by Crippen LogP contribution is 2.17. The quantitative estimate of drug-likeness (QED) is 0.749. The van der Waals surface area contributed by atoms with Gasteiger partial charge in [-0.25, -0.2) is 9.18 Å². The fraction of sp³-hybridized carbons (Fsp3) is 0.200. The first-order valence-electron chi connectivity index (χ1n) is 8.60. The standard InChI is InChI=1S/C20H19FN4O3/c1-12-4-6-15(7-5-12)11-24-19(27)13(2)23-25(20(24)28)16-8-9-17(21)18(10-16)22-14(3)26/h4-10H,11H2,1-3H3,(H,22,26). The van der Waals surface area contributed by atoms with Gasteiger partial charge in [-0.1, -0.05) is 29.8 Å². The highest BCUT2D eigenvalue weighted by atomic mass is 19.1. The van der Waals surface area contributed by atoms with Crippen molar-refractivity contribution >= 4 is 11.6 Å². The van der Waals surface area contributed by atoms with Gasteiger partial charge in [-0.15, -0.1) is 0 Å². The predicted molar refractivity (Wildman–Crippen MR) is 103 cm³/mol. The highest BCUT2D eigenvalue weighted by molar-refractivity contribution is 5.89. The van der Waals surface area contributed by atoms with Gasteiger partial charge in [0, 0.05) is 6.92 Å². The summed E-state index contributed by atoms with van der Waals surface area (Å²) in [6.07, 6.45) is 0. The second-order valence-corrected chi connectivity index (χ2v) is 6.50. The molecule has 0 fully saturated rings. The molecular weight excluding hydrogens is 363 g/mol. The monoisotopic (exact) mass is 382 g/mol. The fourth-order valence-electron chi connectivity index (χ4n) is 2.75. The number of benzene rings is 2. The Kier molecular flexibility index (Phi) is 5.21. The molecule has 8 heteroatoms. The molecule has 0 saturated carbocycles. The molecule has 0 aliphatic carbocycles. The van der Waals surface area contributed by atoms with E-state index in [1.165, 1.54) is 26.0 Å². The lowest BCUT2D eigenvalue weighted by Gasteiger charge is -2.12. The van der Waals surface area contributed by atoms with Crippen LogP contribution in [0.15, 0.2) is 52.1 Å². The van der Waals surface area contributed by atoms with Crippen molar-refractivity contribution < 1.29 is 9.18 Å². The van der Waals surface area contributed by atoms with Crippen molar-refractivity contribution in [1.29, 1.82) is 0 Å². The van der Waals surface area contributed by atoms with Crippen molar-refractivity contribution in [2.45, 2.75) is 27.3 Å². The first-order chi connectivity index (χ1) is 13.3. The van der Waals surface area contributed by atoms with Crippen LogP contribution in [0.4, 0.5) is 10.1 Å². The summed E-state index contributed by atoms with van der Waals surface area (Å²) < 4.78 is 16.0. The largest absolute Gasteiger partial charge is 0.352 e. The SMILES string of the molecule is CC(=O)Nc1cc(-n2nc(C)c(=O)n(Cc3ccc(C)cc3)c2=O)ccc1F. The molecule has 0 unspecified atom stereocenters. The van der Waals surface area contributed by atoms with E-state index in [0.717, 1.165) is 26.4 Å². The van der Waals surface area contributed by atoms with Crippen molar-refractivity contribution in [2.75, 3.05) is 5.32 Å². The van der Waals surface area contributed by atoms with Crippen LogP contribution in [0.5, 0.6) is 0 Å². The average molecular weight is 382 g/mol. The minimum absolute atomic E-state index is 0.0763. The highest BCUT2D eigenvalue weighted by Gasteiger charge is 2.14. The summed E-state index contributed by atoms with van der Waals surface area (Å²) in [6.45, 7) is 4.78. The summed E-state index contributed by atoms with van der Waals surface area (Å²) >= 11 is 0. The van der Waals surface area contributed by atoms with Gasteiger partial charge in [-0.05, 0) is 37.6 Å². The molecule has 1 N–H and O–H groups in total. The smallest absolute Gasteiger partial charge is 0.324 e. The summed E-state index contributed by atoms with van der Waals surface area (Å²) in [6, 6.07) is 11.3. The molecule has 1 aromatic heterocycles. The summed E-state index contributed by atoms with van der Waals surface area (Å²) in [7, 11) is 0. The van der Waals surface area contributed by atoms with Crippen molar-refractivity contribution in [1.82, 2.24) is 14.3 Å². The molecule has 0 radical (unpaired) electrons. The van der Waals surface area contributed by atoms with Crippen LogP contribution in [0.3, 0.4) is 0 Å². The van der Waals surface area contributed by atoms with Gasteiger partial charge in [-0.2, -0.15) is 9.78 Å². The lowest BCUT2D eigenvalue weighted by atomic mass is 10.1. The number of nitrogens with one attached hydrogen (secondary N) is 1. The molecule has 7 nitrogen and oxygen atoms in total. The number of amides is 1. The van der Waals surface area contributed by atoms with E-state index in [4.69, 9.17) is 0 Å². The van der Waals surface area contributed by atoms with Crippen LogP contribution < -0.4 is 16.6 Å². The van der Waals surface area contributed by atoms with Gasteiger partial charge in [-0.3, -0.25) is 14.2 Å². The number of aryl methyl sites for hydroxylation is 2. The maximum Gasteiger partial charge on any atom is 0.352 e. The van der Waals surface area contributed by atoms with Gasteiger partial charge in [0.2, 0.25) is 5.91 Å². The van der Waals surface area contributed by atoms with Gasteiger partial charge >= 0.3 is 5.69 Å². The second kappa shape index (κ2) is 7.59. The normalized spacial score (nSPS) is 10.7. The molecule has 144 valence electrons. The van der Waals surface area contributed by atoms with E-state index in [1.807, 2.05) is 31.2 Å². The van der Waals surface area contributed by atoms with Crippen LogP contribution in [0.1, 0.15) is 23.7 Å². The van der Waals surface area contributed by atoms with Gasteiger partial charge in [0.15, 0.2) is 0 Å². The molecule has 3 aromatic rings. The molecule has 28 heavy (non-hydrogen) atoms. The van der Waals surface area contributed by atoms with Gasteiger partial charge in [0.25, 0.3) is 5.56 Å². The Labute approximate surface area is 160 Å². The average Bonchev–Trinajstić information content (AvgIpc) is 2.65. The van der Waals surface area contributed by atoms with Gasteiger partial charge < -0.3 is 5.32 Å². The number of hydrogen-bond acceptors (Lipinski definition) is 4. The molecular formula is C20H19FN4O3.